The van der Waals surface area contributed by atoms with Crippen molar-refractivity contribution in [3.63, 3.8) is 0 Å². The van der Waals surface area contributed by atoms with E-state index in [1.807, 2.05) is 0 Å². The SMILES string of the molecule is Cc1cccc2[nH]c(CNC(C)C)nc12. The lowest BCUT2D eigenvalue weighted by Crippen LogP contribution is -2.22. The van der Waals surface area contributed by atoms with Gasteiger partial charge in [0.25, 0.3) is 0 Å². The van der Waals surface area contributed by atoms with E-state index < -0.39 is 0 Å². The maximum Gasteiger partial charge on any atom is 0.121 e. The van der Waals surface area contributed by atoms with Crippen LogP contribution >= 0.6 is 0 Å². The standard InChI is InChI=1S/C12H17N3/c1-8(2)13-7-11-14-10-6-4-5-9(3)12(10)15-11/h4-6,8,13H,7H2,1-3H3,(H,14,15). The number of imidazole rings is 1. The molecular weight excluding hydrogens is 186 g/mol. The average molecular weight is 203 g/mol. The summed E-state index contributed by atoms with van der Waals surface area (Å²) in [4.78, 5) is 7.88. The molecule has 0 bridgehead atoms. The average Bonchev–Trinajstić information content (AvgIpc) is 2.59. The molecule has 0 atom stereocenters. The highest BCUT2D eigenvalue weighted by atomic mass is 15.0. The summed E-state index contributed by atoms with van der Waals surface area (Å²) in [5.74, 6) is 1.01. The molecule has 0 fully saturated rings. The minimum Gasteiger partial charge on any atom is -0.341 e. The minimum atomic E-state index is 0.485. The van der Waals surface area contributed by atoms with Crippen LogP contribution < -0.4 is 5.32 Å². The van der Waals surface area contributed by atoms with Crippen LogP contribution in [0.4, 0.5) is 0 Å². The summed E-state index contributed by atoms with van der Waals surface area (Å²) in [5.41, 5.74) is 3.42. The molecule has 0 unspecified atom stereocenters. The molecule has 15 heavy (non-hydrogen) atoms. The predicted molar refractivity (Wildman–Crippen MR) is 62.8 cm³/mol. The van der Waals surface area contributed by atoms with Crippen LogP contribution in [-0.4, -0.2) is 16.0 Å². The summed E-state index contributed by atoms with van der Waals surface area (Å²) in [6.07, 6.45) is 0. The van der Waals surface area contributed by atoms with E-state index in [-0.39, 0.29) is 0 Å². The van der Waals surface area contributed by atoms with Gasteiger partial charge in [-0.15, -0.1) is 0 Å². The van der Waals surface area contributed by atoms with E-state index in [2.05, 4.69) is 54.3 Å². The molecule has 0 aliphatic rings. The fraction of sp³-hybridized carbons (Fsp3) is 0.417. The fourth-order valence-electron chi connectivity index (χ4n) is 1.61. The lowest BCUT2D eigenvalue weighted by Gasteiger charge is -2.04. The van der Waals surface area contributed by atoms with Gasteiger partial charge >= 0.3 is 0 Å². The van der Waals surface area contributed by atoms with Crippen LogP contribution in [0.25, 0.3) is 11.0 Å². The lowest BCUT2D eigenvalue weighted by molar-refractivity contribution is 0.576. The maximum atomic E-state index is 4.57. The Kier molecular flexibility index (Phi) is 2.73. The second-order valence-corrected chi connectivity index (χ2v) is 4.19. The molecule has 0 saturated heterocycles. The monoisotopic (exact) mass is 203 g/mol. The number of benzene rings is 1. The van der Waals surface area contributed by atoms with Crippen molar-refractivity contribution < 1.29 is 0 Å². The van der Waals surface area contributed by atoms with Crippen LogP contribution in [-0.2, 0) is 6.54 Å². The van der Waals surface area contributed by atoms with Gasteiger partial charge in [-0.25, -0.2) is 4.98 Å². The number of aromatic amines is 1. The Morgan fingerprint density at radius 1 is 1.40 bits per heavy atom. The third kappa shape index (κ3) is 2.18. The lowest BCUT2D eigenvalue weighted by atomic mass is 10.2. The quantitative estimate of drug-likeness (QED) is 0.804. The predicted octanol–water partition coefficient (Wildman–Crippen LogP) is 2.37. The third-order valence-corrected chi connectivity index (χ3v) is 2.44. The van der Waals surface area contributed by atoms with Gasteiger partial charge < -0.3 is 10.3 Å². The van der Waals surface area contributed by atoms with E-state index in [4.69, 9.17) is 0 Å². The molecular formula is C12H17N3. The first-order valence-corrected chi connectivity index (χ1v) is 5.34. The van der Waals surface area contributed by atoms with Crippen LogP contribution in [0.1, 0.15) is 25.2 Å². The molecule has 3 heteroatoms. The summed E-state index contributed by atoms with van der Waals surface area (Å²) in [7, 11) is 0. The number of fused-ring (bicyclic) bond motifs is 1. The number of aromatic nitrogens is 2. The zero-order chi connectivity index (χ0) is 10.8. The van der Waals surface area contributed by atoms with Gasteiger partial charge in [0.1, 0.15) is 5.82 Å². The summed E-state index contributed by atoms with van der Waals surface area (Å²) < 4.78 is 0. The maximum absolute atomic E-state index is 4.57. The Balaban J connectivity index is 2.27. The zero-order valence-electron chi connectivity index (χ0n) is 9.46. The molecule has 1 aromatic carbocycles. The van der Waals surface area contributed by atoms with Crippen LogP contribution in [0.15, 0.2) is 18.2 Å². The number of hydrogen-bond acceptors (Lipinski definition) is 2. The Hall–Kier alpha value is -1.35. The Bertz CT molecular complexity index is 457. The Labute approximate surface area is 89.9 Å². The number of nitrogens with zero attached hydrogens (tertiary/aromatic N) is 1. The molecule has 80 valence electrons. The minimum absolute atomic E-state index is 0.485. The van der Waals surface area contributed by atoms with Crippen LogP contribution in [0.5, 0.6) is 0 Å². The van der Waals surface area contributed by atoms with Crippen molar-refractivity contribution in [2.75, 3.05) is 0 Å². The van der Waals surface area contributed by atoms with Gasteiger partial charge in [-0.2, -0.15) is 0 Å². The fourth-order valence-corrected chi connectivity index (χ4v) is 1.61. The van der Waals surface area contributed by atoms with Crippen molar-refractivity contribution in [3.8, 4) is 0 Å². The first kappa shape index (κ1) is 10.2. The molecule has 1 heterocycles. The number of H-pyrrole nitrogens is 1. The van der Waals surface area contributed by atoms with Crippen molar-refractivity contribution in [1.29, 1.82) is 0 Å². The molecule has 2 rings (SSSR count). The van der Waals surface area contributed by atoms with Crippen LogP contribution in [0.3, 0.4) is 0 Å². The normalized spacial score (nSPS) is 11.5. The van der Waals surface area contributed by atoms with E-state index in [1.165, 1.54) is 5.56 Å². The Morgan fingerprint density at radius 3 is 2.87 bits per heavy atom. The van der Waals surface area contributed by atoms with Gasteiger partial charge in [-0.1, -0.05) is 26.0 Å². The summed E-state index contributed by atoms with van der Waals surface area (Å²) in [5, 5.41) is 3.35. The highest BCUT2D eigenvalue weighted by Crippen LogP contribution is 2.15. The largest absolute Gasteiger partial charge is 0.341 e. The second kappa shape index (κ2) is 4.03. The van der Waals surface area contributed by atoms with Crippen LogP contribution in [0.2, 0.25) is 0 Å². The van der Waals surface area contributed by atoms with Crippen molar-refractivity contribution in [2.24, 2.45) is 0 Å². The van der Waals surface area contributed by atoms with Gasteiger partial charge in [0.15, 0.2) is 0 Å². The van der Waals surface area contributed by atoms with Crippen LogP contribution in [0, 0.1) is 6.92 Å². The first-order valence-electron chi connectivity index (χ1n) is 5.34. The van der Waals surface area contributed by atoms with Gasteiger partial charge in [-0.3, -0.25) is 0 Å². The van der Waals surface area contributed by atoms with Crippen molar-refractivity contribution in [3.05, 3.63) is 29.6 Å². The molecule has 2 N–H and O–H groups in total. The number of nitrogens with one attached hydrogen (secondary N) is 2. The number of aryl methyl sites for hydroxylation is 1. The van der Waals surface area contributed by atoms with Gasteiger partial charge in [0, 0.05) is 6.04 Å². The number of para-hydroxylation sites is 1. The molecule has 0 spiro atoms. The molecule has 1 aromatic heterocycles. The van der Waals surface area contributed by atoms with Crippen molar-refractivity contribution >= 4 is 11.0 Å². The van der Waals surface area contributed by atoms with Crippen molar-refractivity contribution in [2.45, 2.75) is 33.4 Å². The van der Waals surface area contributed by atoms with E-state index >= 15 is 0 Å². The van der Waals surface area contributed by atoms with Gasteiger partial charge in [0.2, 0.25) is 0 Å². The molecule has 0 aliphatic carbocycles. The van der Waals surface area contributed by atoms with Gasteiger partial charge in [-0.05, 0) is 18.6 Å². The highest BCUT2D eigenvalue weighted by molar-refractivity contribution is 5.78. The summed E-state index contributed by atoms with van der Waals surface area (Å²) in [6.45, 7) is 7.15. The molecule has 0 saturated carbocycles. The zero-order valence-corrected chi connectivity index (χ0v) is 9.46. The van der Waals surface area contributed by atoms with E-state index in [0.29, 0.717) is 6.04 Å². The van der Waals surface area contributed by atoms with Crippen molar-refractivity contribution in [1.82, 2.24) is 15.3 Å². The molecule has 0 radical (unpaired) electrons. The van der Waals surface area contributed by atoms with E-state index in [0.717, 1.165) is 23.4 Å². The molecule has 0 amide bonds. The number of hydrogen-bond donors (Lipinski definition) is 2. The number of rotatable bonds is 3. The summed E-state index contributed by atoms with van der Waals surface area (Å²) in [6, 6.07) is 6.69. The Morgan fingerprint density at radius 2 is 2.20 bits per heavy atom. The van der Waals surface area contributed by atoms with E-state index in [9.17, 15) is 0 Å². The molecule has 3 nitrogen and oxygen atoms in total. The molecule has 0 aliphatic heterocycles. The third-order valence-electron chi connectivity index (χ3n) is 2.44. The van der Waals surface area contributed by atoms with Gasteiger partial charge in [0.05, 0.1) is 17.6 Å². The molecule has 2 aromatic rings. The second-order valence-electron chi connectivity index (χ2n) is 4.19. The summed E-state index contributed by atoms with van der Waals surface area (Å²) >= 11 is 0. The highest BCUT2D eigenvalue weighted by Gasteiger charge is 2.04. The smallest absolute Gasteiger partial charge is 0.121 e. The van der Waals surface area contributed by atoms with E-state index in [1.54, 1.807) is 0 Å². The topological polar surface area (TPSA) is 40.7 Å². The first-order chi connectivity index (χ1) is 7.16.